The fraction of sp³-hybridized carbons (Fsp3) is 0.600. The lowest BCUT2D eigenvalue weighted by atomic mass is 10.0. The highest BCUT2D eigenvalue weighted by Gasteiger charge is 2.43. The first kappa shape index (κ1) is 19.5. The summed E-state index contributed by atoms with van der Waals surface area (Å²) in [5.74, 6) is 1.50. The number of rotatable bonds is 7. The van der Waals surface area contributed by atoms with Gasteiger partial charge in [-0.2, -0.15) is 5.10 Å². The average molecular weight is 401 g/mol. The number of hydrogen-bond acceptors (Lipinski definition) is 6. The molecule has 0 aliphatic heterocycles. The number of nitrogens with one attached hydrogen (secondary N) is 3. The van der Waals surface area contributed by atoms with Crippen LogP contribution in [0.1, 0.15) is 68.7 Å². The molecule has 3 N–H and O–H groups in total. The lowest BCUT2D eigenvalue weighted by Crippen LogP contribution is -2.38. The molecule has 0 saturated heterocycles. The Morgan fingerprint density at radius 2 is 2.21 bits per heavy atom. The molecular weight excluding hydrogens is 374 g/mol. The summed E-state index contributed by atoms with van der Waals surface area (Å²) in [5.41, 5.74) is 0.904. The number of aryl methyl sites for hydroxylation is 1. The Kier molecular flexibility index (Phi) is 5.29. The van der Waals surface area contributed by atoms with E-state index in [9.17, 15) is 9.59 Å². The van der Waals surface area contributed by atoms with Gasteiger partial charge in [-0.3, -0.25) is 9.89 Å². The predicted octanol–water partition coefficient (Wildman–Crippen LogP) is 3.19. The second-order valence-corrected chi connectivity index (χ2v) is 8.09. The van der Waals surface area contributed by atoms with Gasteiger partial charge in [0.1, 0.15) is 18.3 Å². The number of H-pyrrole nitrogens is 1. The average Bonchev–Trinajstić information content (AvgIpc) is 3.04. The van der Waals surface area contributed by atoms with E-state index in [0.29, 0.717) is 17.5 Å². The molecule has 2 aliphatic carbocycles. The Morgan fingerprint density at radius 1 is 1.38 bits per heavy atom. The number of anilines is 1. The minimum Gasteiger partial charge on any atom is -0.446 e. The van der Waals surface area contributed by atoms with Crippen molar-refractivity contribution in [3.05, 3.63) is 29.6 Å². The van der Waals surface area contributed by atoms with Crippen LogP contribution >= 0.6 is 0 Å². The number of aromatic amines is 1. The van der Waals surface area contributed by atoms with Crippen LogP contribution in [0.5, 0.6) is 0 Å². The quantitative estimate of drug-likeness (QED) is 0.655. The molecular formula is C20H27N5O4. The Balaban J connectivity index is 1.25. The van der Waals surface area contributed by atoms with Gasteiger partial charge in [0, 0.05) is 23.2 Å². The van der Waals surface area contributed by atoms with Crippen molar-refractivity contribution in [2.45, 2.75) is 76.4 Å². The summed E-state index contributed by atoms with van der Waals surface area (Å²) >= 11 is 0. The van der Waals surface area contributed by atoms with Gasteiger partial charge in [0.05, 0.1) is 6.20 Å². The van der Waals surface area contributed by atoms with Crippen LogP contribution in [0.25, 0.3) is 0 Å². The second-order valence-electron chi connectivity index (χ2n) is 8.09. The molecule has 4 rings (SSSR count). The topological polar surface area (TPSA) is 122 Å². The smallest absolute Gasteiger partial charge is 0.407 e. The van der Waals surface area contributed by atoms with Gasteiger partial charge in [0.2, 0.25) is 11.8 Å². The minimum atomic E-state index is -0.311. The standard InChI is InChI=1S/C20H27N5O4/c1-3-20(6-7-20)23-19(27)29-14-5-4-13(8-14)15-9-16(25-24-15)22-17(26)10-18-21-11-12(2)28-18/h9,11,13-14H,3-8,10H2,1-2H3,(H,23,27)(H2,22,24,25,26)/t13-,14+/m0/s1. The molecule has 0 unspecified atom stereocenters. The summed E-state index contributed by atoms with van der Waals surface area (Å²) in [6, 6.07) is 1.84. The fourth-order valence-electron chi connectivity index (χ4n) is 3.86. The Bertz CT molecular complexity index is 885. The third-order valence-electron chi connectivity index (χ3n) is 5.84. The molecule has 2 atom stereocenters. The van der Waals surface area contributed by atoms with E-state index in [1.165, 1.54) is 0 Å². The molecule has 2 saturated carbocycles. The van der Waals surface area contributed by atoms with Crippen LogP contribution in [0, 0.1) is 6.92 Å². The Morgan fingerprint density at radius 3 is 2.90 bits per heavy atom. The molecule has 2 amide bonds. The zero-order valence-corrected chi connectivity index (χ0v) is 16.8. The number of nitrogens with zero attached hydrogens (tertiary/aromatic N) is 2. The Hall–Kier alpha value is -2.84. The predicted molar refractivity (Wildman–Crippen MR) is 104 cm³/mol. The number of hydrogen-bond donors (Lipinski definition) is 3. The van der Waals surface area contributed by atoms with E-state index >= 15 is 0 Å². The van der Waals surface area contributed by atoms with Crippen molar-refractivity contribution in [2.75, 3.05) is 5.32 Å². The van der Waals surface area contributed by atoms with Crippen molar-refractivity contribution >= 4 is 17.8 Å². The molecule has 156 valence electrons. The molecule has 0 bridgehead atoms. The normalized spacial score (nSPS) is 22.3. The van der Waals surface area contributed by atoms with Crippen LogP contribution in [0.15, 0.2) is 16.7 Å². The van der Waals surface area contributed by atoms with Gasteiger partial charge in [-0.15, -0.1) is 0 Å². The molecule has 0 radical (unpaired) electrons. The lowest BCUT2D eigenvalue weighted by molar-refractivity contribution is -0.115. The number of amides is 2. The van der Waals surface area contributed by atoms with Gasteiger partial charge < -0.3 is 19.8 Å². The van der Waals surface area contributed by atoms with Crippen molar-refractivity contribution in [1.29, 1.82) is 0 Å². The maximum Gasteiger partial charge on any atom is 0.407 e. The minimum absolute atomic E-state index is 0.0323. The third kappa shape index (κ3) is 4.78. The van der Waals surface area contributed by atoms with E-state index in [1.807, 2.05) is 6.07 Å². The zero-order valence-electron chi connectivity index (χ0n) is 16.8. The van der Waals surface area contributed by atoms with Crippen LogP contribution in [-0.2, 0) is 16.0 Å². The summed E-state index contributed by atoms with van der Waals surface area (Å²) < 4.78 is 10.9. The summed E-state index contributed by atoms with van der Waals surface area (Å²) in [6.45, 7) is 3.87. The monoisotopic (exact) mass is 401 g/mol. The maximum absolute atomic E-state index is 12.1. The van der Waals surface area contributed by atoms with E-state index < -0.39 is 0 Å². The number of carbonyl (C=O) groups excluding carboxylic acids is 2. The number of ether oxygens (including phenoxy) is 1. The van der Waals surface area contributed by atoms with Gasteiger partial charge >= 0.3 is 6.09 Å². The first-order valence-electron chi connectivity index (χ1n) is 10.2. The van der Waals surface area contributed by atoms with Gasteiger partial charge in [-0.25, -0.2) is 9.78 Å². The Labute approximate surface area is 169 Å². The summed E-state index contributed by atoms with van der Waals surface area (Å²) in [4.78, 5) is 28.3. The van der Waals surface area contributed by atoms with Gasteiger partial charge in [-0.05, 0) is 45.4 Å². The van der Waals surface area contributed by atoms with Gasteiger partial charge in [0.25, 0.3) is 0 Å². The number of carbonyl (C=O) groups is 2. The first-order valence-corrected chi connectivity index (χ1v) is 10.2. The summed E-state index contributed by atoms with van der Waals surface area (Å²) in [7, 11) is 0. The van der Waals surface area contributed by atoms with Crippen molar-refractivity contribution in [2.24, 2.45) is 0 Å². The molecule has 2 aliphatic rings. The van der Waals surface area contributed by atoms with Gasteiger partial charge in [0.15, 0.2) is 5.82 Å². The fourth-order valence-corrected chi connectivity index (χ4v) is 3.86. The van der Waals surface area contributed by atoms with Gasteiger partial charge in [-0.1, -0.05) is 6.92 Å². The highest BCUT2D eigenvalue weighted by molar-refractivity contribution is 5.90. The molecule has 2 heterocycles. The van der Waals surface area contributed by atoms with Crippen LogP contribution in [0.4, 0.5) is 10.6 Å². The van der Waals surface area contributed by atoms with Crippen LogP contribution in [0.3, 0.4) is 0 Å². The third-order valence-corrected chi connectivity index (χ3v) is 5.84. The van der Waals surface area contributed by atoms with E-state index in [2.05, 4.69) is 32.7 Å². The molecule has 9 heteroatoms. The SMILES string of the molecule is CCC1(NC(=O)O[C@@H]2CC[C@H](c3cc(NC(=O)Cc4ncc(C)o4)n[nH]3)C2)CC1. The highest BCUT2D eigenvalue weighted by Crippen LogP contribution is 2.39. The largest absolute Gasteiger partial charge is 0.446 e. The van der Waals surface area contributed by atoms with E-state index in [0.717, 1.165) is 44.2 Å². The highest BCUT2D eigenvalue weighted by atomic mass is 16.6. The maximum atomic E-state index is 12.1. The van der Waals surface area contributed by atoms with Crippen molar-refractivity contribution in [3.8, 4) is 0 Å². The zero-order chi connectivity index (χ0) is 20.4. The molecule has 2 fully saturated rings. The summed E-state index contributed by atoms with van der Waals surface area (Å²) in [6.07, 6.45) is 6.71. The molecule has 2 aromatic heterocycles. The van der Waals surface area contributed by atoms with E-state index in [-0.39, 0.29) is 36.0 Å². The number of aromatic nitrogens is 3. The van der Waals surface area contributed by atoms with Crippen LogP contribution in [0.2, 0.25) is 0 Å². The molecule has 9 nitrogen and oxygen atoms in total. The number of oxazole rings is 1. The second kappa shape index (κ2) is 7.88. The lowest BCUT2D eigenvalue weighted by Gasteiger charge is -2.18. The molecule has 29 heavy (non-hydrogen) atoms. The van der Waals surface area contributed by atoms with E-state index in [1.54, 1.807) is 13.1 Å². The van der Waals surface area contributed by atoms with Crippen LogP contribution in [-0.4, -0.2) is 38.8 Å². The molecule has 2 aromatic rings. The van der Waals surface area contributed by atoms with Crippen LogP contribution < -0.4 is 10.6 Å². The number of alkyl carbamates (subject to hydrolysis) is 1. The van der Waals surface area contributed by atoms with Crippen molar-refractivity contribution < 1.29 is 18.7 Å². The van der Waals surface area contributed by atoms with Crippen molar-refractivity contribution in [1.82, 2.24) is 20.5 Å². The molecule has 0 spiro atoms. The first-order chi connectivity index (χ1) is 13.9. The summed E-state index contributed by atoms with van der Waals surface area (Å²) in [5, 5.41) is 12.9. The molecule has 0 aromatic carbocycles. The van der Waals surface area contributed by atoms with Crippen molar-refractivity contribution in [3.63, 3.8) is 0 Å². The van der Waals surface area contributed by atoms with E-state index in [4.69, 9.17) is 9.15 Å².